The van der Waals surface area contributed by atoms with Gasteiger partial charge in [-0.15, -0.1) is 0 Å². The van der Waals surface area contributed by atoms with E-state index in [0.717, 1.165) is 0 Å². The van der Waals surface area contributed by atoms with Crippen molar-refractivity contribution in [2.45, 2.75) is 63.2 Å². The lowest BCUT2D eigenvalue weighted by atomic mass is 9.84. The van der Waals surface area contributed by atoms with Crippen molar-refractivity contribution < 1.29 is 39.6 Å². The van der Waals surface area contributed by atoms with Gasteiger partial charge in [0.15, 0.2) is 0 Å². The first-order valence-corrected chi connectivity index (χ1v) is 11.6. The first kappa shape index (κ1) is 26.4. The second-order valence-electron chi connectivity index (χ2n) is 8.95. The van der Waals surface area contributed by atoms with Crippen LogP contribution in [0.2, 0.25) is 0 Å². The van der Waals surface area contributed by atoms with Gasteiger partial charge in [0.05, 0.1) is 18.6 Å². The van der Waals surface area contributed by atoms with Gasteiger partial charge in [-0.1, -0.05) is 13.8 Å². The normalized spacial score (nSPS) is 26.7. The zero-order valence-corrected chi connectivity index (χ0v) is 19.3. The average Bonchev–Trinajstić information content (AvgIpc) is 3.04. The van der Waals surface area contributed by atoms with Crippen LogP contribution in [0, 0.1) is 11.3 Å². The number of hydrogen-bond acceptors (Lipinski definition) is 8. The van der Waals surface area contributed by atoms with Crippen molar-refractivity contribution in [3.05, 3.63) is 0 Å². The Balaban J connectivity index is 1.70. The summed E-state index contributed by atoms with van der Waals surface area (Å²) >= 11 is 1.37. The number of rotatable bonds is 12. The number of carbonyl (C=O) groups is 4. The summed E-state index contributed by atoms with van der Waals surface area (Å²) in [5, 5.41) is 43.2. The summed E-state index contributed by atoms with van der Waals surface area (Å²) in [7, 11) is 0. The molecule has 0 aliphatic carbocycles. The highest BCUT2D eigenvalue weighted by Crippen LogP contribution is 2.45. The fourth-order valence-corrected chi connectivity index (χ4v) is 5.32. The van der Waals surface area contributed by atoms with Crippen molar-refractivity contribution in [1.82, 2.24) is 15.5 Å². The smallest absolute Gasteiger partial charge is 0.327 e. The number of amides is 3. The number of nitrogens with one attached hydrogen (secondary N) is 2. The van der Waals surface area contributed by atoms with Gasteiger partial charge in [0.2, 0.25) is 17.7 Å². The summed E-state index contributed by atoms with van der Waals surface area (Å²) in [6.45, 7) is 4.57. The SMILES string of the molecule is CC(O)[C@H]1C(=O)N2[C@@H]1C[C@H](SCCNC(=O)CCNC(=O)[C@@H](O)C(C)(C)CO)[C@@H]2C(=O)O. The van der Waals surface area contributed by atoms with Gasteiger partial charge >= 0.3 is 5.97 Å². The molecule has 11 nitrogen and oxygen atoms in total. The van der Waals surface area contributed by atoms with Gasteiger partial charge in [-0.25, -0.2) is 4.79 Å². The molecule has 0 radical (unpaired) electrons. The van der Waals surface area contributed by atoms with E-state index < -0.39 is 41.5 Å². The quantitative estimate of drug-likeness (QED) is 0.140. The Bertz CT molecular complexity index is 732. The summed E-state index contributed by atoms with van der Waals surface area (Å²) in [6.07, 6.45) is -1.73. The molecule has 2 heterocycles. The molecular weight excluding hydrogens is 442 g/mol. The van der Waals surface area contributed by atoms with Crippen molar-refractivity contribution in [3.8, 4) is 0 Å². The Morgan fingerprint density at radius 1 is 1.22 bits per heavy atom. The third-order valence-corrected chi connectivity index (χ3v) is 7.33. The van der Waals surface area contributed by atoms with Gasteiger partial charge in [0.25, 0.3) is 0 Å². The van der Waals surface area contributed by atoms with E-state index in [9.17, 15) is 39.6 Å². The number of fused-ring (bicyclic) bond motifs is 1. The van der Waals surface area contributed by atoms with Gasteiger partial charge in [0.1, 0.15) is 12.1 Å². The number of aliphatic hydroxyl groups is 3. The van der Waals surface area contributed by atoms with Gasteiger partial charge in [-0.2, -0.15) is 11.8 Å². The van der Waals surface area contributed by atoms with Crippen LogP contribution in [0.5, 0.6) is 0 Å². The summed E-state index contributed by atoms with van der Waals surface area (Å²) < 4.78 is 0. The third-order valence-electron chi connectivity index (χ3n) is 6.01. The Kier molecular flexibility index (Phi) is 8.91. The fourth-order valence-electron chi connectivity index (χ4n) is 4.03. The Labute approximate surface area is 190 Å². The van der Waals surface area contributed by atoms with Crippen LogP contribution in [-0.2, 0) is 19.2 Å². The van der Waals surface area contributed by atoms with Gasteiger partial charge < -0.3 is 36.0 Å². The molecule has 2 saturated heterocycles. The third kappa shape index (κ3) is 5.72. The first-order valence-electron chi connectivity index (χ1n) is 10.6. The number of carboxylic acid groups (broad SMARTS) is 1. The zero-order valence-electron chi connectivity index (χ0n) is 18.5. The minimum atomic E-state index is -1.40. The summed E-state index contributed by atoms with van der Waals surface area (Å²) in [5.74, 6) is -2.49. The molecule has 2 fully saturated rings. The highest BCUT2D eigenvalue weighted by molar-refractivity contribution is 8.00. The molecule has 6 N–H and O–H groups in total. The lowest BCUT2D eigenvalue weighted by molar-refractivity contribution is -0.169. The second kappa shape index (κ2) is 10.8. The van der Waals surface area contributed by atoms with Crippen LogP contribution in [0.15, 0.2) is 0 Å². The van der Waals surface area contributed by atoms with Gasteiger partial charge in [-0.05, 0) is 13.3 Å². The number of hydrogen-bond donors (Lipinski definition) is 6. The van der Waals surface area contributed by atoms with E-state index in [0.29, 0.717) is 18.7 Å². The monoisotopic (exact) mass is 475 g/mol. The molecule has 0 aromatic heterocycles. The van der Waals surface area contributed by atoms with E-state index in [-0.39, 0.29) is 42.7 Å². The maximum Gasteiger partial charge on any atom is 0.327 e. The molecule has 6 atom stereocenters. The van der Waals surface area contributed by atoms with Crippen LogP contribution in [0.3, 0.4) is 0 Å². The van der Waals surface area contributed by atoms with Gasteiger partial charge in [-0.3, -0.25) is 14.4 Å². The average molecular weight is 476 g/mol. The number of thioether (sulfide) groups is 1. The minimum Gasteiger partial charge on any atom is -0.480 e. The number of carbonyl (C=O) groups excluding carboxylic acids is 3. The molecule has 0 aromatic rings. The Hall–Kier alpha value is -1.89. The summed E-state index contributed by atoms with van der Waals surface area (Å²) in [5.41, 5.74) is -0.993. The standard InChI is InChI=1S/C20H33N3O8S/c1-10(25)14-11-8-12(15(19(30)31)23(11)18(14)29)32-7-6-21-13(26)4-5-22-17(28)16(27)20(2,3)9-24/h10-12,14-16,24-25,27H,4-9H2,1-3H3,(H,21,26)(H,22,28)(H,30,31)/t10?,11-,12+,14-,15-,16-/m1/s1. The fraction of sp³-hybridized carbons (Fsp3) is 0.800. The van der Waals surface area contributed by atoms with E-state index in [1.165, 1.54) is 23.6 Å². The Morgan fingerprint density at radius 2 is 1.88 bits per heavy atom. The molecule has 0 aromatic carbocycles. The van der Waals surface area contributed by atoms with Crippen LogP contribution >= 0.6 is 11.8 Å². The topological polar surface area (TPSA) is 176 Å². The van der Waals surface area contributed by atoms with Crippen molar-refractivity contribution in [2.75, 3.05) is 25.4 Å². The van der Waals surface area contributed by atoms with E-state index in [1.54, 1.807) is 13.8 Å². The zero-order chi connectivity index (χ0) is 24.2. The predicted octanol–water partition coefficient (Wildman–Crippen LogP) is -1.85. The Morgan fingerprint density at radius 3 is 2.44 bits per heavy atom. The molecule has 3 amide bonds. The van der Waals surface area contributed by atoms with Crippen LogP contribution in [0.1, 0.15) is 33.6 Å². The lowest BCUT2D eigenvalue weighted by Gasteiger charge is -2.45. The molecule has 182 valence electrons. The van der Waals surface area contributed by atoms with Crippen molar-refractivity contribution in [3.63, 3.8) is 0 Å². The van der Waals surface area contributed by atoms with Crippen LogP contribution in [-0.4, -0.2) is 104 Å². The highest BCUT2D eigenvalue weighted by Gasteiger charge is 2.61. The maximum atomic E-state index is 12.2. The van der Waals surface area contributed by atoms with Gasteiger partial charge in [0, 0.05) is 42.0 Å². The molecule has 1 unspecified atom stereocenters. The molecule has 12 heteroatoms. The van der Waals surface area contributed by atoms with Crippen molar-refractivity contribution in [2.24, 2.45) is 11.3 Å². The number of β-lactam (4-membered cyclic amide) rings is 1. The molecule has 32 heavy (non-hydrogen) atoms. The minimum absolute atomic E-state index is 0.00425. The van der Waals surface area contributed by atoms with E-state index >= 15 is 0 Å². The van der Waals surface area contributed by atoms with E-state index in [4.69, 9.17) is 0 Å². The number of nitrogens with zero attached hydrogens (tertiary/aromatic N) is 1. The molecule has 2 aliphatic rings. The first-order chi connectivity index (χ1) is 14.9. The van der Waals surface area contributed by atoms with E-state index in [2.05, 4.69) is 10.6 Å². The summed E-state index contributed by atoms with van der Waals surface area (Å²) in [6, 6.07) is -1.21. The second-order valence-corrected chi connectivity index (χ2v) is 10.3. The number of aliphatic hydroxyl groups excluding tert-OH is 3. The largest absolute Gasteiger partial charge is 0.480 e. The molecule has 0 saturated carbocycles. The lowest BCUT2D eigenvalue weighted by Crippen LogP contribution is -2.64. The molecular formula is C20H33N3O8S. The van der Waals surface area contributed by atoms with Crippen molar-refractivity contribution >= 4 is 35.5 Å². The maximum absolute atomic E-state index is 12.2. The van der Waals surface area contributed by atoms with Crippen molar-refractivity contribution in [1.29, 1.82) is 0 Å². The molecule has 2 aliphatic heterocycles. The molecule has 0 spiro atoms. The van der Waals surface area contributed by atoms with Crippen LogP contribution < -0.4 is 10.6 Å². The highest BCUT2D eigenvalue weighted by atomic mass is 32.2. The number of carboxylic acids is 1. The summed E-state index contributed by atoms with van der Waals surface area (Å²) in [4.78, 5) is 49.0. The predicted molar refractivity (Wildman–Crippen MR) is 116 cm³/mol. The van der Waals surface area contributed by atoms with E-state index in [1.807, 2.05) is 0 Å². The molecule has 2 rings (SSSR count). The van der Waals surface area contributed by atoms with Crippen LogP contribution in [0.4, 0.5) is 0 Å². The number of aliphatic carboxylic acids is 1. The molecule has 0 bridgehead atoms. The van der Waals surface area contributed by atoms with Crippen LogP contribution in [0.25, 0.3) is 0 Å².